The predicted molar refractivity (Wildman–Crippen MR) is 160 cm³/mol. The van der Waals surface area contributed by atoms with Gasteiger partial charge in [-0.25, -0.2) is 4.79 Å². The second kappa shape index (κ2) is 14.6. The fourth-order valence-corrected chi connectivity index (χ4v) is 5.07. The van der Waals surface area contributed by atoms with Crippen molar-refractivity contribution in [3.8, 4) is 0 Å². The number of aryl methyl sites for hydroxylation is 1. The molecule has 0 atom stereocenters. The maximum absolute atomic E-state index is 13.3. The first-order valence-electron chi connectivity index (χ1n) is 13.5. The number of anilines is 2. The lowest BCUT2D eigenvalue weighted by molar-refractivity contribution is -0.142. The molecule has 9 heteroatoms. The standard InChI is InChI=1S/C33H31F3N2O3S/c1-2-41-31(39)23-25-10-18-29(19-11-25)42-30-20-16-28(17-21-30)38(22-6-9-24-7-4-3-5-8-24)32(40)37-27-14-12-26(13-15-27)33(34,35)36/h3-5,7-8,10-21H,2,6,9,22-23H2,1H3,(H,37,40). The van der Waals surface area contributed by atoms with Gasteiger partial charge in [-0.2, -0.15) is 13.2 Å². The number of amides is 2. The molecule has 0 saturated heterocycles. The maximum Gasteiger partial charge on any atom is 0.416 e. The topological polar surface area (TPSA) is 58.6 Å². The quantitative estimate of drug-likeness (QED) is 0.177. The van der Waals surface area contributed by atoms with Gasteiger partial charge in [-0.05, 0) is 91.6 Å². The van der Waals surface area contributed by atoms with Crippen LogP contribution in [-0.2, 0) is 28.5 Å². The van der Waals surface area contributed by atoms with Crippen LogP contribution in [0, 0.1) is 0 Å². The molecule has 0 aliphatic heterocycles. The number of ether oxygens (including phenoxy) is 1. The molecule has 1 N–H and O–H groups in total. The number of hydrogen-bond donors (Lipinski definition) is 1. The number of urea groups is 1. The zero-order valence-corrected chi connectivity index (χ0v) is 23.9. The molecule has 0 aliphatic rings. The molecule has 4 aromatic rings. The van der Waals surface area contributed by atoms with Crippen LogP contribution in [0.15, 0.2) is 113 Å². The minimum absolute atomic E-state index is 0.224. The first-order chi connectivity index (χ1) is 20.2. The van der Waals surface area contributed by atoms with Crippen molar-refractivity contribution in [2.24, 2.45) is 0 Å². The zero-order valence-electron chi connectivity index (χ0n) is 23.1. The average molecular weight is 593 g/mol. The number of alkyl halides is 3. The van der Waals surface area contributed by atoms with E-state index >= 15 is 0 Å². The highest BCUT2D eigenvalue weighted by atomic mass is 32.2. The number of carbonyl (C=O) groups is 2. The van der Waals surface area contributed by atoms with Crippen LogP contribution < -0.4 is 10.2 Å². The van der Waals surface area contributed by atoms with E-state index in [2.05, 4.69) is 5.32 Å². The number of hydrogen-bond acceptors (Lipinski definition) is 4. The van der Waals surface area contributed by atoms with E-state index in [1.807, 2.05) is 78.9 Å². The van der Waals surface area contributed by atoms with Gasteiger partial charge in [-0.15, -0.1) is 0 Å². The number of benzene rings is 4. The minimum Gasteiger partial charge on any atom is -0.466 e. The van der Waals surface area contributed by atoms with Crippen molar-refractivity contribution in [2.45, 2.75) is 42.2 Å². The summed E-state index contributed by atoms with van der Waals surface area (Å²) in [6.45, 7) is 2.54. The highest BCUT2D eigenvalue weighted by Crippen LogP contribution is 2.31. The first-order valence-corrected chi connectivity index (χ1v) is 14.3. The van der Waals surface area contributed by atoms with Gasteiger partial charge in [0.05, 0.1) is 18.6 Å². The van der Waals surface area contributed by atoms with Crippen LogP contribution in [0.2, 0.25) is 0 Å². The lowest BCUT2D eigenvalue weighted by Gasteiger charge is -2.24. The van der Waals surface area contributed by atoms with Gasteiger partial charge in [-0.3, -0.25) is 9.69 Å². The lowest BCUT2D eigenvalue weighted by atomic mass is 10.1. The molecule has 4 aromatic carbocycles. The summed E-state index contributed by atoms with van der Waals surface area (Å²) in [7, 11) is 0. The number of halogens is 3. The molecule has 2 amide bonds. The number of nitrogens with zero attached hydrogens (tertiary/aromatic N) is 1. The van der Waals surface area contributed by atoms with Gasteiger partial charge in [0.2, 0.25) is 0 Å². The fourth-order valence-electron chi connectivity index (χ4n) is 4.25. The van der Waals surface area contributed by atoms with Crippen molar-refractivity contribution in [2.75, 3.05) is 23.4 Å². The number of esters is 1. The van der Waals surface area contributed by atoms with Crippen molar-refractivity contribution >= 4 is 35.1 Å². The van der Waals surface area contributed by atoms with Crippen molar-refractivity contribution in [1.29, 1.82) is 0 Å². The van der Waals surface area contributed by atoms with Crippen molar-refractivity contribution in [3.63, 3.8) is 0 Å². The molecule has 218 valence electrons. The Kier molecular flexibility index (Phi) is 10.7. The summed E-state index contributed by atoms with van der Waals surface area (Å²) >= 11 is 1.55. The van der Waals surface area contributed by atoms with Gasteiger partial charge in [0.1, 0.15) is 0 Å². The zero-order chi connectivity index (χ0) is 30.0. The van der Waals surface area contributed by atoms with Gasteiger partial charge < -0.3 is 10.1 Å². The third kappa shape index (κ3) is 9.14. The molecule has 42 heavy (non-hydrogen) atoms. The Morgan fingerprint density at radius 2 is 1.43 bits per heavy atom. The second-order valence-corrected chi connectivity index (χ2v) is 10.6. The van der Waals surface area contributed by atoms with Gasteiger partial charge in [0.15, 0.2) is 0 Å². The summed E-state index contributed by atoms with van der Waals surface area (Å²) in [5.41, 5.74) is 2.20. The van der Waals surface area contributed by atoms with E-state index in [4.69, 9.17) is 4.74 Å². The molecule has 0 heterocycles. The van der Waals surface area contributed by atoms with Crippen LogP contribution in [0.25, 0.3) is 0 Å². The van der Waals surface area contributed by atoms with Crippen molar-refractivity contribution in [1.82, 2.24) is 0 Å². The molecular weight excluding hydrogens is 561 g/mol. The summed E-state index contributed by atoms with van der Waals surface area (Å²) in [5.74, 6) is -0.260. The normalized spacial score (nSPS) is 11.1. The van der Waals surface area contributed by atoms with E-state index in [1.54, 1.807) is 23.6 Å². The average Bonchev–Trinajstić information content (AvgIpc) is 2.97. The van der Waals surface area contributed by atoms with Crippen LogP contribution in [0.1, 0.15) is 30.0 Å². The van der Waals surface area contributed by atoms with Gasteiger partial charge in [0.25, 0.3) is 0 Å². The van der Waals surface area contributed by atoms with E-state index in [-0.39, 0.29) is 18.1 Å². The molecule has 0 saturated carbocycles. The molecule has 0 spiro atoms. The summed E-state index contributed by atoms with van der Waals surface area (Å²) in [4.78, 5) is 28.6. The smallest absolute Gasteiger partial charge is 0.416 e. The first kappa shape index (κ1) is 30.7. The van der Waals surface area contributed by atoms with E-state index in [0.717, 1.165) is 39.5 Å². The summed E-state index contributed by atoms with van der Waals surface area (Å²) in [5, 5.41) is 2.73. The summed E-state index contributed by atoms with van der Waals surface area (Å²) in [6.07, 6.45) is -2.76. The molecule has 0 bridgehead atoms. The van der Waals surface area contributed by atoms with E-state index in [0.29, 0.717) is 25.3 Å². The van der Waals surface area contributed by atoms with E-state index < -0.39 is 17.8 Å². The third-order valence-corrected chi connectivity index (χ3v) is 7.38. The molecule has 0 aromatic heterocycles. The molecule has 0 fully saturated rings. The molecule has 5 nitrogen and oxygen atoms in total. The predicted octanol–water partition coefficient (Wildman–Crippen LogP) is 8.63. The number of carbonyl (C=O) groups excluding carboxylic acids is 2. The van der Waals surface area contributed by atoms with Crippen LogP contribution in [0.3, 0.4) is 0 Å². The van der Waals surface area contributed by atoms with Crippen LogP contribution >= 0.6 is 11.8 Å². The fraction of sp³-hybridized carbons (Fsp3) is 0.212. The number of rotatable bonds is 11. The Labute approximate surface area is 247 Å². The monoisotopic (exact) mass is 592 g/mol. The highest BCUT2D eigenvalue weighted by Gasteiger charge is 2.30. The van der Waals surface area contributed by atoms with Crippen LogP contribution in [0.5, 0.6) is 0 Å². The van der Waals surface area contributed by atoms with Crippen LogP contribution in [-0.4, -0.2) is 25.2 Å². The second-order valence-electron chi connectivity index (χ2n) is 9.47. The SMILES string of the molecule is CCOC(=O)Cc1ccc(Sc2ccc(N(CCCc3ccccc3)C(=O)Nc3ccc(C(F)(F)F)cc3)cc2)cc1. The number of nitrogens with one attached hydrogen (secondary N) is 1. The molecule has 0 radical (unpaired) electrons. The van der Waals surface area contributed by atoms with Crippen molar-refractivity contribution in [3.05, 3.63) is 120 Å². The molecule has 0 unspecified atom stereocenters. The Balaban J connectivity index is 1.44. The maximum atomic E-state index is 13.3. The Bertz CT molecular complexity index is 1440. The summed E-state index contributed by atoms with van der Waals surface area (Å²) < 4.78 is 43.9. The Morgan fingerprint density at radius 3 is 2.02 bits per heavy atom. The minimum atomic E-state index is -4.45. The highest BCUT2D eigenvalue weighted by molar-refractivity contribution is 7.99. The summed E-state index contributed by atoms with van der Waals surface area (Å²) in [6, 6.07) is 29.1. The third-order valence-electron chi connectivity index (χ3n) is 6.36. The van der Waals surface area contributed by atoms with Gasteiger partial charge >= 0.3 is 18.2 Å². The van der Waals surface area contributed by atoms with Gasteiger partial charge in [-0.1, -0.05) is 54.2 Å². The Morgan fingerprint density at radius 1 is 0.810 bits per heavy atom. The largest absolute Gasteiger partial charge is 0.466 e. The van der Waals surface area contributed by atoms with Crippen molar-refractivity contribution < 1.29 is 27.5 Å². The van der Waals surface area contributed by atoms with E-state index in [9.17, 15) is 22.8 Å². The Hall–Kier alpha value is -4.24. The van der Waals surface area contributed by atoms with Crippen LogP contribution in [0.4, 0.5) is 29.3 Å². The molecular formula is C33H31F3N2O3S. The molecule has 0 aliphatic carbocycles. The molecule has 4 rings (SSSR count). The lowest BCUT2D eigenvalue weighted by Crippen LogP contribution is -2.36. The van der Waals surface area contributed by atoms with Gasteiger partial charge in [0, 0.05) is 27.7 Å². The van der Waals surface area contributed by atoms with E-state index in [1.165, 1.54) is 12.1 Å².